The van der Waals surface area contributed by atoms with Crippen LogP contribution in [0.3, 0.4) is 0 Å². The molecule has 0 amide bonds. The third-order valence-electron chi connectivity index (χ3n) is 5.07. The van der Waals surface area contributed by atoms with Gasteiger partial charge in [-0.25, -0.2) is 0 Å². The normalized spacial score (nSPS) is 22.7. The Bertz CT molecular complexity index is 290. The summed E-state index contributed by atoms with van der Waals surface area (Å²) in [5, 5.41) is 3.58. The van der Waals surface area contributed by atoms with E-state index in [0.29, 0.717) is 5.41 Å². The van der Waals surface area contributed by atoms with Gasteiger partial charge in [-0.2, -0.15) is 0 Å². The van der Waals surface area contributed by atoms with Gasteiger partial charge in [0.25, 0.3) is 0 Å². The Morgan fingerprint density at radius 2 is 2.00 bits per heavy atom. The first kappa shape index (κ1) is 13.7. The van der Waals surface area contributed by atoms with E-state index < -0.39 is 0 Å². The average Bonchev–Trinajstić information content (AvgIpc) is 2.80. The minimum atomic E-state index is 0.659. The Morgan fingerprint density at radius 3 is 2.44 bits per heavy atom. The highest BCUT2D eigenvalue weighted by Crippen LogP contribution is 2.47. The summed E-state index contributed by atoms with van der Waals surface area (Å²) in [7, 11) is 1.92. The molecule has 1 saturated heterocycles. The topological polar surface area (TPSA) is 27.6 Å². The van der Waals surface area contributed by atoms with Crippen LogP contribution in [-0.4, -0.2) is 37.5 Å². The third-order valence-corrected chi connectivity index (χ3v) is 5.07. The number of guanidine groups is 1. The van der Waals surface area contributed by atoms with Crippen molar-refractivity contribution in [1.82, 2.24) is 10.2 Å². The molecule has 0 aromatic heterocycles. The Kier molecular flexibility index (Phi) is 4.52. The second kappa shape index (κ2) is 5.94. The molecular formula is C15H29N3. The molecular weight excluding hydrogens is 222 g/mol. The molecule has 18 heavy (non-hydrogen) atoms. The lowest BCUT2D eigenvalue weighted by Crippen LogP contribution is -2.43. The van der Waals surface area contributed by atoms with Gasteiger partial charge in [-0.15, -0.1) is 0 Å². The van der Waals surface area contributed by atoms with Crippen LogP contribution in [0, 0.1) is 11.3 Å². The van der Waals surface area contributed by atoms with E-state index in [4.69, 9.17) is 0 Å². The zero-order valence-corrected chi connectivity index (χ0v) is 12.3. The number of aliphatic imine (C=N–C) groups is 1. The fourth-order valence-corrected chi connectivity index (χ4v) is 3.35. The zero-order valence-electron chi connectivity index (χ0n) is 12.3. The molecule has 2 fully saturated rings. The van der Waals surface area contributed by atoms with Crippen LogP contribution in [0.2, 0.25) is 0 Å². The van der Waals surface area contributed by atoms with E-state index in [0.717, 1.165) is 18.4 Å². The summed E-state index contributed by atoms with van der Waals surface area (Å²) in [4.78, 5) is 6.94. The highest BCUT2D eigenvalue weighted by atomic mass is 15.3. The quantitative estimate of drug-likeness (QED) is 0.614. The summed E-state index contributed by atoms with van der Waals surface area (Å²) in [6.45, 7) is 8.05. The van der Waals surface area contributed by atoms with Crippen LogP contribution in [0.5, 0.6) is 0 Å². The summed E-state index contributed by atoms with van der Waals surface area (Å²) in [6, 6.07) is 0. The molecule has 2 rings (SSSR count). The number of hydrogen-bond acceptors (Lipinski definition) is 1. The summed E-state index contributed by atoms with van der Waals surface area (Å²) in [5.41, 5.74) is 0.659. The first-order chi connectivity index (χ1) is 8.73. The van der Waals surface area contributed by atoms with Crippen LogP contribution >= 0.6 is 0 Å². The van der Waals surface area contributed by atoms with Crippen molar-refractivity contribution in [1.29, 1.82) is 0 Å². The number of hydrogen-bond donors (Lipinski definition) is 1. The molecule has 0 radical (unpaired) electrons. The number of rotatable bonds is 4. The SMILES string of the molecule is CCC(CC)CNC(=NC)N1CCC2(CCC2)C1. The Balaban J connectivity index is 1.82. The summed E-state index contributed by atoms with van der Waals surface area (Å²) in [5.74, 6) is 1.91. The fourth-order valence-electron chi connectivity index (χ4n) is 3.35. The van der Waals surface area contributed by atoms with E-state index in [9.17, 15) is 0 Å². The molecule has 1 aliphatic heterocycles. The van der Waals surface area contributed by atoms with Crippen LogP contribution in [-0.2, 0) is 0 Å². The average molecular weight is 251 g/mol. The standard InChI is InChI=1S/C15H29N3/c1-4-13(5-2)11-17-14(16-3)18-10-9-15(12-18)7-6-8-15/h13H,4-12H2,1-3H3,(H,16,17). The van der Waals surface area contributed by atoms with Crippen molar-refractivity contribution in [3.05, 3.63) is 0 Å². The zero-order chi connectivity index (χ0) is 13.0. The lowest BCUT2D eigenvalue weighted by atomic mass is 9.68. The van der Waals surface area contributed by atoms with Crippen molar-refractivity contribution < 1.29 is 0 Å². The van der Waals surface area contributed by atoms with Gasteiger partial charge in [0.15, 0.2) is 5.96 Å². The molecule has 1 aliphatic carbocycles. The second-order valence-electron chi connectivity index (χ2n) is 6.14. The highest BCUT2D eigenvalue weighted by molar-refractivity contribution is 5.80. The van der Waals surface area contributed by atoms with Gasteiger partial charge in [0.2, 0.25) is 0 Å². The Morgan fingerprint density at radius 1 is 1.28 bits per heavy atom. The van der Waals surface area contributed by atoms with Crippen molar-refractivity contribution in [3.63, 3.8) is 0 Å². The van der Waals surface area contributed by atoms with E-state index in [1.807, 2.05) is 7.05 Å². The maximum atomic E-state index is 4.47. The fraction of sp³-hybridized carbons (Fsp3) is 0.933. The molecule has 0 aromatic rings. The third kappa shape index (κ3) is 2.81. The first-order valence-electron chi connectivity index (χ1n) is 7.68. The summed E-state index contributed by atoms with van der Waals surface area (Å²) in [6.07, 6.45) is 8.20. The highest BCUT2D eigenvalue weighted by Gasteiger charge is 2.43. The van der Waals surface area contributed by atoms with Gasteiger partial charge in [-0.3, -0.25) is 4.99 Å². The van der Waals surface area contributed by atoms with Crippen LogP contribution in [0.25, 0.3) is 0 Å². The molecule has 1 saturated carbocycles. The largest absolute Gasteiger partial charge is 0.356 e. The van der Waals surface area contributed by atoms with Gasteiger partial charge in [0.05, 0.1) is 0 Å². The maximum absolute atomic E-state index is 4.47. The lowest BCUT2D eigenvalue weighted by molar-refractivity contribution is 0.151. The summed E-state index contributed by atoms with van der Waals surface area (Å²) >= 11 is 0. The van der Waals surface area contributed by atoms with E-state index in [2.05, 4.69) is 29.1 Å². The van der Waals surface area contributed by atoms with Crippen molar-refractivity contribution in [3.8, 4) is 0 Å². The molecule has 0 bridgehead atoms. The van der Waals surface area contributed by atoms with Gasteiger partial charge >= 0.3 is 0 Å². The van der Waals surface area contributed by atoms with Crippen LogP contribution < -0.4 is 5.32 Å². The molecule has 1 heterocycles. The Hall–Kier alpha value is -0.730. The van der Waals surface area contributed by atoms with Gasteiger partial charge in [0, 0.05) is 26.7 Å². The smallest absolute Gasteiger partial charge is 0.193 e. The van der Waals surface area contributed by atoms with Crippen molar-refractivity contribution in [2.24, 2.45) is 16.3 Å². The number of nitrogens with zero attached hydrogens (tertiary/aromatic N) is 2. The van der Waals surface area contributed by atoms with Crippen LogP contribution in [0.15, 0.2) is 4.99 Å². The van der Waals surface area contributed by atoms with Gasteiger partial charge < -0.3 is 10.2 Å². The van der Waals surface area contributed by atoms with Crippen molar-refractivity contribution in [2.45, 2.75) is 52.4 Å². The summed E-state index contributed by atoms with van der Waals surface area (Å²) < 4.78 is 0. The van der Waals surface area contributed by atoms with Crippen molar-refractivity contribution in [2.75, 3.05) is 26.7 Å². The molecule has 3 nitrogen and oxygen atoms in total. The second-order valence-corrected chi connectivity index (χ2v) is 6.14. The van der Waals surface area contributed by atoms with Crippen LogP contribution in [0.4, 0.5) is 0 Å². The van der Waals surface area contributed by atoms with Crippen LogP contribution in [0.1, 0.15) is 52.4 Å². The predicted molar refractivity (Wildman–Crippen MR) is 77.9 cm³/mol. The molecule has 104 valence electrons. The molecule has 0 aromatic carbocycles. The van der Waals surface area contributed by atoms with E-state index in [1.165, 1.54) is 51.6 Å². The molecule has 3 heteroatoms. The Labute approximate surface area is 112 Å². The first-order valence-corrected chi connectivity index (χ1v) is 7.68. The van der Waals surface area contributed by atoms with Crippen molar-refractivity contribution >= 4 is 5.96 Å². The number of nitrogens with one attached hydrogen (secondary N) is 1. The van der Waals surface area contributed by atoms with Gasteiger partial charge in [-0.05, 0) is 30.6 Å². The molecule has 0 unspecified atom stereocenters. The van der Waals surface area contributed by atoms with E-state index >= 15 is 0 Å². The maximum Gasteiger partial charge on any atom is 0.193 e. The molecule has 1 N–H and O–H groups in total. The number of likely N-dealkylation sites (tertiary alicyclic amines) is 1. The van der Waals surface area contributed by atoms with E-state index in [-0.39, 0.29) is 0 Å². The minimum Gasteiger partial charge on any atom is -0.356 e. The molecule has 1 spiro atoms. The predicted octanol–water partition coefficient (Wildman–Crippen LogP) is 2.87. The van der Waals surface area contributed by atoms with E-state index in [1.54, 1.807) is 0 Å². The minimum absolute atomic E-state index is 0.659. The van der Waals surface area contributed by atoms with Gasteiger partial charge in [-0.1, -0.05) is 33.1 Å². The molecule has 0 atom stereocenters. The lowest BCUT2D eigenvalue weighted by Gasteiger charge is -2.38. The monoisotopic (exact) mass is 251 g/mol. The van der Waals surface area contributed by atoms with Gasteiger partial charge in [0.1, 0.15) is 0 Å². The molecule has 2 aliphatic rings.